The fourth-order valence-electron chi connectivity index (χ4n) is 1.25. The molecule has 82 valence electrons. The Labute approximate surface area is 106 Å². The van der Waals surface area contributed by atoms with Crippen LogP contribution in [0.1, 0.15) is 15.2 Å². The van der Waals surface area contributed by atoms with Gasteiger partial charge in [-0.05, 0) is 52.7 Å². The number of aryl methyl sites for hydroxylation is 1. The largest absolute Gasteiger partial charge is 0.445 e. The summed E-state index contributed by atoms with van der Waals surface area (Å²) < 4.78 is 6.57. The summed E-state index contributed by atoms with van der Waals surface area (Å²) in [5.41, 5.74) is 1.17. The van der Waals surface area contributed by atoms with Gasteiger partial charge >= 0.3 is 0 Å². The number of hydrogen-bond acceptors (Lipinski definition) is 3. The summed E-state index contributed by atoms with van der Waals surface area (Å²) in [5, 5.41) is 0.714. The minimum absolute atomic E-state index is 0.665. The van der Waals surface area contributed by atoms with Gasteiger partial charge in [-0.1, -0.05) is 17.4 Å². The Balaban J connectivity index is 2.23. The first-order valence-electron chi connectivity index (χ1n) is 4.68. The van der Waals surface area contributed by atoms with Crippen molar-refractivity contribution in [3.05, 3.63) is 45.2 Å². The SMILES string of the molecule is Cc1ccc(Oc2ccc(C=O)s2)c(Br)c1. The van der Waals surface area contributed by atoms with Gasteiger partial charge in [-0.2, -0.15) is 0 Å². The molecular weight excluding hydrogens is 288 g/mol. The van der Waals surface area contributed by atoms with E-state index in [0.29, 0.717) is 9.94 Å². The van der Waals surface area contributed by atoms with Crippen LogP contribution in [0.15, 0.2) is 34.8 Å². The zero-order valence-corrected chi connectivity index (χ0v) is 11.0. The lowest BCUT2D eigenvalue weighted by Gasteiger charge is -2.05. The summed E-state index contributed by atoms with van der Waals surface area (Å²) in [5.74, 6) is 0.755. The number of benzene rings is 1. The van der Waals surface area contributed by atoms with E-state index in [-0.39, 0.29) is 0 Å². The van der Waals surface area contributed by atoms with Gasteiger partial charge < -0.3 is 4.74 Å². The van der Waals surface area contributed by atoms with Crippen LogP contribution in [0, 0.1) is 6.92 Å². The van der Waals surface area contributed by atoms with E-state index in [1.807, 2.05) is 25.1 Å². The molecule has 0 unspecified atom stereocenters. The molecule has 2 nitrogen and oxygen atoms in total. The van der Waals surface area contributed by atoms with E-state index < -0.39 is 0 Å². The average molecular weight is 297 g/mol. The van der Waals surface area contributed by atoms with Crippen LogP contribution in [0.3, 0.4) is 0 Å². The first kappa shape index (κ1) is 11.4. The summed E-state index contributed by atoms with van der Waals surface area (Å²) in [4.78, 5) is 11.2. The first-order valence-corrected chi connectivity index (χ1v) is 6.29. The summed E-state index contributed by atoms with van der Waals surface area (Å²) in [6, 6.07) is 9.41. The highest BCUT2D eigenvalue weighted by atomic mass is 79.9. The number of thiophene rings is 1. The molecule has 0 N–H and O–H groups in total. The Hall–Kier alpha value is -1.13. The molecule has 0 aliphatic heterocycles. The van der Waals surface area contributed by atoms with Crippen LogP contribution in [-0.2, 0) is 0 Å². The van der Waals surface area contributed by atoms with Crippen LogP contribution in [0.5, 0.6) is 10.8 Å². The maximum absolute atomic E-state index is 10.5. The molecule has 16 heavy (non-hydrogen) atoms. The zero-order chi connectivity index (χ0) is 11.5. The minimum atomic E-state index is 0.665. The Bertz CT molecular complexity index is 519. The van der Waals surface area contributed by atoms with E-state index >= 15 is 0 Å². The lowest BCUT2D eigenvalue weighted by molar-refractivity contribution is 0.112. The van der Waals surface area contributed by atoms with Crippen LogP contribution in [0.25, 0.3) is 0 Å². The molecule has 4 heteroatoms. The molecule has 1 heterocycles. The quantitative estimate of drug-likeness (QED) is 0.784. The van der Waals surface area contributed by atoms with Gasteiger partial charge in [0.25, 0.3) is 0 Å². The van der Waals surface area contributed by atoms with Crippen molar-refractivity contribution in [2.45, 2.75) is 6.92 Å². The maximum Gasteiger partial charge on any atom is 0.181 e. The monoisotopic (exact) mass is 296 g/mol. The molecular formula is C12H9BrO2S. The van der Waals surface area contributed by atoms with Gasteiger partial charge in [0, 0.05) is 0 Å². The zero-order valence-electron chi connectivity index (χ0n) is 8.57. The second-order valence-electron chi connectivity index (χ2n) is 3.31. The molecule has 0 saturated heterocycles. The Kier molecular flexibility index (Phi) is 3.41. The standard InChI is InChI=1S/C12H9BrO2S/c1-8-2-4-11(10(13)6-8)15-12-5-3-9(7-14)16-12/h2-7H,1H3. The fraction of sp³-hybridized carbons (Fsp3) is 0.0833. The van der Waals surface area contributed by atoms with Gasteiger partial charge in [0.15, 0.2) is 11.3 Å². The molecule has 0 saturated carbocycles. The molecule has 0 atom stereocenters. The van der Waals surface area contributed by atoms with Crippen molar-refractivity contribution in [3.63, 3.8) is 0 Å². The highest BCUT2D eigenvalue weighted by molar-refractivity contribution is 9.10. The summed E-state index contributed by atoms with van der Waals surface area (Å²) in [6.07, 6.45) is 0.821. The number of carbonyl (C=O) groups is 1. The minimum Gasteiger partial charge on any atom is -0.445 e. The van der Waals surface area contributed by atoms with Crippen molar-refractivity contribution in [2.75, 3.05) is 0 Å². The molecule has 0 fully saturated rings. The summed E-state index contributed by atoms with van der Waals surface area (Å²) >= 11 is 4.77. The third-order valence-electron chi connectivity index (χ3n) is 2.02. The average Bonchev–Trinajstić information content (AvgIpc) is 2.70. The number of halogens is 1. The lowest BCUT2D eigenvalue weighted by atomic mass is 10.2. The summed E-state index contributed by atoms with van der Waals surface area (Å²) in [7, 11) is 0. The fourth-order valence-corrected chi connectivity index (χ4v) is 2.51. The molecule has 0 aliphatic carbocycles. The Morgan fingerprint density at radius 3 is 2.75 bits per heavy atom. The van der Waals surface area contributed by atoms with E-state index in [4.69, 9.17) is 4.74 Å². The number of hydrogen-bond donors (Lipinski definition) is 0. The molecule has 2 rings (SSSR count). The molecule has 0 aliphatic rings. The van der Waals surface area contributed by atoms with E-state index in [2.05, 4.69) is 15.9 Å². The number of rotatable bonds is 3. The van der Waals surface area contributed by atoms with Crippen LogP contribution >= 0.6 is 27.3 Å². The number of aldehydes is 1. The smallest absolute Gasteiger partial charge is 0.181 e. The van der Waals surface area contributed by atoms with Crippen molar-refractivity contribution >= 4 is 33.6 Å². The van der Waals surface area contributed by atoms with Gasteiger partial charge in [-0.25, -0.2) is 0 Å². The molecule has 0 spiro atoms. The third-order valence-corrected chi connectivity index (χ3v) is 3.52. The Morgan fingerprint density at radius 2 is 2.12 bits per heavy atom. The molecule has 0 bridgehead atoms. The highest BCUT2D eigenvalue weighted by Gasteiger charge is 2.05. The highest BCUT2D eigenvalue weighted by Crippen LogP contribution is 2.33. The van der Waals surface area contributed by atoms with E-state index in [9.17, 15) is 4.79 Å². The Morgan fingerprint density at radius 1 is 1.31 bits per heavy atom. The van der Waals surface area contributed by atoms with Gasteiger partial charge in [-0.15, -0.1) is 0 Å². The van der Waals surface area contributed by atoms with E-state index in [0.717, 1.165) is 16.5 Å². The van der Waals surface area contributed by atoms with E-state index in [1.54, 1.807) is 12.1 Å². The van der Waals surface area contributed by atoms with Crippen LogP contribution in [0.4, 0.5) is 0 Å². The molecule has 2 aromatic rings. The molecule has 0 radical (unpaired) electrons. The predicted molar refractivity (Wildman–Crippen MR) is 68.7 cm³/mol. The third kappa shape index (κ3) is 2.51. The predicted octanol–water partition coefficient (Wildman–Crippen LogP) is 4.42. The molecule has 1 aromatic heterocycles. The maximum atomic E-state index is 10.5. The van der Waals surface area contributed by atoms with Crippen molar-refractivity contribution in [2.24, 2.45) is 0 Å². The van der Waals surface area contributed by atoms with Crippen molar-refractivity contribution < 1.29 is 9.53 Å². The van der Waals surface area contributed by atoms with Gasteiger partial charge in [0.05, 0.1) is 9.35 Å². The topological polar surface area (TPSA) is 26.3 Å². The second kappa shape index (κ2) is 4.80. The molecule has 1 aromatic carbocycles. The number of carbonyl (C=O) groups excluding carboxylic acids is 1. The normalized spacial score (nSPS) is 10.1. The van der Waals surface area contributed by atoms with Crippen molar-refractivity contribution in [3.8, 4) is 10.8 Å². The van der Waals surface area contributed by atoms with Crippen molar-refractivity contribution in [1.82, 2.24) is 0 Å². The van der Waals surface area contributed by atoms with Crippen LogP contribution < -0.4 is 4.74 Å². The number of ether oxygens (including phenoxy) is 1. The second-order valence-corrected chi connectivity index (χ2v) is 5.24. The first-order chi connectivity index (χ1) is 7.69. The summed E-state index contributed by atoms with van der Waals surface area (Å²) in [6.45, 7) is 2.02. The van der Waals surface area contributed by atoms with E-state index in [1.165, 1.54) is 16.9 Å². The lowest BCUT2D eigenvalue weighted by Crippen LogP contribution is -1.83. The molecule has 0 amide bonds. The van der Waals surface area contributed by atoms with Gasteiger partial charge in [0.1, 0.15) is 5.75 Å². The van der Waals surface area contributed by atoms with Gasteiger partial charge in [0.2, 0.25) is 0 Å². The van der Waals surface area contributed by atoms with Crippen LogP contribution in [0.2, 0.25) is 0 Å². The van der Waals surface area contributed by atoms with Gasteiger partial charge in [-0.3, -0.25) is 4.79 Å². The van der Waals surface area contributed by atoms with Crippen molar-refractivity contribution in [1.29, 1.82) is 0 Å². The van der Waals surface area contributed by atoms with Crippen LogP contribution in [-0.4, -0.2) is 6.29 Å².